The highest BCUT2D eigenvalue weighted by molar-refractivity contribution is 5.73. The maximum atomic E-state index is 10.9. The molecule has 4 nitrogen and oxygen atoms in total. The van der Waals surface area contributed by atoms with Gasteiger partial charge < -0.3 is 14.9 Å². The van der Waals surface area contributed by atoms with Crippen LogP contribution in [0.5, 0.6) is 0 Å². The van der Waals surface area contributed by atoms with Gasteiger partial charge >= 0.3 is 5.97 Å². The highest BCUT2D eigenvalue weighted by Gasteiger charge is 2.10. The monoisotopic (exact) mass is 250 g/mol. The number of aliphatic carboxylic acids is 1. The number of hydrogen-bond donors (Lipinski definition) is 1. The van der Waals surface area contributed by atoms with Crippen molar-refractivity contribution in [2.75, 3.05) is 38.6 Å². The van der Waals surface area contributed by atoms with Crippen LogP contribution in [0.25, 0.3) is 0 Å². The van der Waals surface area contributed by atoms with Crippen LogP contribution in [-0.4, -0.2) is 49.7 Å². The van der Waals surface area contributed by atoms with Crippen molar-refractivity contribution in [3.8, 4) is 0 Å². The molecule has 4 heteroatoms. The third kappa shape index (κ3) is 5.19. The predicted octanol–water partition coefficient (Wildman–Crippen LogP) is 1.84. The van der Waals surface area contributed by atoms with Crippen molar-refractivity contribution in [2.24, 2.45) is 0 Å². The Morgan fingerprint density at radius 1 is 1.17 bits per heavy atom. The average Bonchev–Trinajstić information content (AvgIpc) is 2.28. The molecule has 1 rings (SSSR count). The van der Waals surface area contributed by atoms with E-state index >= 15 is 0 Å². The molecule has 0 aliphatic heterocycles. The molecule has 100 valence electrons. The minimum Gasteiger partial charge on any atom is -0.480 e. The SMILES string of the molecule is Cc1ccc(N(CCCN(C)C)CC(=O)O)cc1. The molecule has 18 heavy (non-hydrogen) atoms. The first-order valence-electron chi connectivity index (χ1n) is 6.17. The van der Waals surface area contributed by atoms with Crippen molar-refractivity contribution >= 4 is 11.7 Å². The van der Waals surface area contributed by atoms with Gasteiger partial charge in [0.15, 0.2) is 0 Å². The quantitative estimate of drug-likeness (QED) is 0.802. The first-order chi connectivity index (χ1) is 8.49. The zero-order valence-electron chi connectivity index (χ0n) is 11.4. The summed E-state index contributed by atoms with van der Waals surface area (Å²) >= 11 is 0. The van der Waals surface area contributed by atoms with Gasteiger partial charge in [-0.1, -0.05) is 17.7 Å². The van der Waals surface area contributed by atoms with Crippen molar-refractivity contribution in [3.05, 3.63) is 29.8 Å². The molecule has 0 spiro atoms. The third-order valence-corrected chi connectivity index (χ3v) is 2.76. The number of carboxylic acids is 1. The zero-order valence-corrected chi connectivity index (χ0v) is 11.4. The molecule has 0 saturated carbocycles. The highest BCUT2D eigenvalue weighted by atomic mass is 16.4. The molecule has 0 bridgehead atoms. The van der Waals surface area contributed by atoms with Crippen LogP contribution in [0.1, 0.15) is 12.0 Å². The number of carbonyl (C=O) groups is 1. The van der Waals surface area contributed by atoms with E-state index in [0.717, 1.165) is 25.2 Å². The first kappa shape index (κ1) is 14.5. The highest BCUT2D eigenvalue weighted by Crippen LogP contribution is 2.15. The van der Waals surface area contributed by atoms with Crippen LogP contribution >= 0.6 is 0 Å². The van der Waals surface area contributed by atoms with Crippen molar-refractivity contribution in [1.82, 2.24) is 4.90 Å². The van der Waals surface area contributed by atoms with E-state index in [2.05, 4.69) is 4.90 Å². The van der Waals surface area contributed by atoms with Crippen molar-refractivity contribution < 1.29 is 9.90 Å². The summed E-state index contributed by atoms with van der Waals surface area (Å²) in [7, 11) is 4.04. The van der Waals surface area contributed by atoms with E-state index in [1.54, 1.807) is 0 Å². The summed E-state index contributed by atoms with van der Waals surface area (Å²) in [6.07, 6.45) is 0.953. The molecule has 0 heterocycles. The topological polar surface area (TPSA) is 43.8 Å². The third-order valence-electron chi connectivity index (χ3n) is 2.76. The van der Waals surface area contributed by atoms with Gasteiger partial charge in [-0.25, -0.2) is 0 Å². The Morgan fingerprint density at radius 2 is 1.78 bits per heavy atom. The molecule has 0 radical (unpaired) electrons. The lowest BCUT2D eigenvalue weighted by atomic mass is 10.2. The molecule has 0 aliphatic carbocycles. The molecule has 0 aliphatic rings. The lowest BCUT2D eigenvalue weighted by molar-refractivity contribution is -0.135. The fraction of sp³-hybridized carbons (Fsp3) is 0.500. The standard InChI is InChI=1S/C14H22N2O2/c1-12-5-7-13(8-6-12)16(11-14(17)18)10-4-9-15(2)3/h5-8H,4,9-11H2,1-3H3,(H,17,18). The molecule has 0 saturated heterocycles. The molecule has 0 fully saturated rings. The Labute approximate surface area is 109 Å². The number of aryl methyl sites for hydroxylation is 1. The number of benzene rings is 1. The van der Waals surface area contributed by atoms with Gasteiger partial charge in [-0.05, 0) is 46.1 Å². The Bertz CT molecular complexity index is 374. The largest absolute Gasteiger partial charge is 0.480 e. The molecule has 1 aromatic rings. The molecule has 0 amide bonds. The van der Waals surface area contributed by atoms with Crippen LogP contribution in [0.3, 0.4) is 0 Å². The maximum absolute atomic E-state index is 10.9. The van der Waals surface area contributed by atoms with E-state index in [-0.39, 0.29) is 6.54 Å². The van der Waals surface area contributed by atoms with Crippen molar-refractivity contribution in [1.29, 1.82) is 0 Å². The first-order valence-corrected chi connectivity index (χ1v) is 6.17. The van der Waals surface area contributed by atoms with Crippen molar-refractivity contribution in [2.45, 2.75) is 13.3 Å². The van der Waals surface area contributed by atoms with Gasteiger partial charge in [0.25, 0.3) is 0 Å². The number of anilines is 1. The van der Waals surface area contributed by atoms with Gasteiger partial charge in [0.1, 0.15) is 6.54 Å². The lowest BCUT2D eigenvalue weighted by Crippen LogP contribution is -2.32. The van der Waals surface area contributed by atoms with Crippen LogP contribution in [0, 0.1) is 6.92 Å². The second-order valence-electron chi connectivity index (χ2n) is 4.81. The molecular formula is C14H22N2O2. The van der Waals surface area contributed by atoms with Gasteiger partial charge in [0.2, 0.25) is 0 Å². The van der Waals surface area contributed by atoms with E-state index in [4.69, 9.17) is 5.11 Å². The summed E-state index contributed by atoms with van der Waals surface area (Å²) < 4.78 is 0. The van der Waals surface area contributed by atoms with Gasteiger partial charge in [-0.3, -0.25) is 4.79 Å². The summed E-state index contributed by atoms with van der Waals surface area (Å²) in [5, 5.41) is 8.96. The van der Waals surface area contributed by atoms with Gasteiger partial charge in [0, 0.05) is 12.2 Å². The minimum absolute atomic E-state index is 0.0521. The number of hydrogen-bond acceptors (Lipinski definition) is 3. The molecule has 1 aromatic carbocycles. The summed E-state index contributed by atoms with van der Waals surface area (Å²) in [6, 6.07) is 7.98. The average molecular weight is 250 g/mol. The number of rotatable bonds is 7. The van der Waals surface area contributed by atoms with E-state index in [0.29, 0.717) is 0 Å². The lowest BCUT2D eigenvalue weighted by Gasteiger charge is -2.23. The minimum atomic E-state index is -0.791. The fourth-order valence-corrected chi connectivity index (χ4v) is 1.80. The van der Waals surface area contributed by atoms with Crippen LogP contribution in [-0.2, 0) is 4.79 Å². The van der Waals surface area contributed by atoms with Crippen LogP contribution in [0.2, 0.25) is 0 Å². The van der Waals surface area contributed by atoms with E-state index in [1.165, 1.54) is 5.56 Å². The van der Waals surface area contributed by atoms with Gasteiger partial charge in [-0.2, -0.15) is 0 Å². The van der Waals surface area contributed by atoms with Crippen LogP contribution in [0.4, 0.5) is 5.69 Å². The molecule has 0 aromatic heterocycles. The second-order valence-corrected chi connectivity index (χ2v) is 4.81. The Kier molecular flexibility index (Phi) is 5.65. The van der Waals surface area contributed by atoms with Crippen LogP contribution < -0.4 is 4.90 Å². The summed E-state index contributed by atoms with van der Waals surface area (Å²) in [4.78, 5) is 14.9. The van der Waals surface area contributed by atoms with Gasteiger partial charge in [-0.15, -0.1) is 0 Å². The summed E-state index contributed by atoms with van der Waals surface area (Å²) in [5.74, 6) is -0.791. The van der Waals surface area contributed by atoms with E-state index in [1.807, 2.05) is 50.2 Å². The Hall–Kier alpha value is -1.55. The number of nitrogens with zero attached hydrogens (tertiary/aromatic N) is 2. The van der Waals surface area contributed by atoms with Gasteiger partial charge in [0.05, 0.1) is 0 Å². The Morgan fingerprint density at radius 3 is 2.28 bits per heavy atom. The maximum Gasteiger partial charge on any atom is 0.323 e. The van der Waals surface area contributed by atoms with E-state index < -0.39 is 5.97 Å². The summed E-state index contributed by atoms with van der Waals surface area (Å²) in [6.45, 7) is 3.80. The molecular weight excluding hydrogens is 228 g/mol. The predicted molar refractivity (Wildman–Crippen MR) is 74.2 cm³/mol. The Balaban J connectivity index is 2.65. The smallest absolute Gasteiger partial charge is 0.323 e. The van der Waals surface area contributed by atoms with E-state index in [9.17, 15) is 4.79 Å². The molecule has 1 N–H and O–H groups in total. The van der Waals surface area contributed by atoms with Crippen LogP contribution in [0.15, 0.2) is 24.3 Å². The number of carboxylic acid groups (broad SMARTS) is 1. The molecule has 0 atom stereocenters. The zero-order chi connectivity index (χ0) is 13.5. The molecule has 0 unspecified atom stereocenters. The fourth-order valence-electron chi connectivity index (χ4n) is 1.80. The second kappa shape index (κ2) is 7.01. The van der Waals surface area contributed by atoms with Crippen molar-refractivity contribution in [3.63, 3.8) is 0 Å². The summed E-state index contributed by atoms with van der Waals surface area (Å²) in [5.41, 5.74) is 2.16. The normalized spacial score (nSPS) is 10.7.